The molecule has 2 saturated heterocycles. The molecule has 6 nitrogen and oxygen atoms in total. The maximum absolute atomic E-state index is 13.0. The van der Waals surface area contributed by atoms with Crippen molar-refractivity contribution in [1.29, 1.82) is 0 Å². The quantitative estimate of drug-likeness (QED) is 0.577. The molecule has 2 aromatic rings. The maximum Gasteiger partial charge on any atom is 0.294 e. The number of hydrogen-bond acceptors (Lipinski definition) is 4. The Labute approximate surface area is 199 Å². The van der Waals surface area contributed by atoms with E-state index in [1.807, 2.05) is 19.9 Å². The topological polar surface area (TPSA) is 62.6 Å². The predicted octanol–water partition coefficient (Wildman–Crippen LogP) is 5.10. The largest absolute Gasteiger partial charge is 0.341 e. The zero-order valence-electron chi connectivity index (χ0n) is 19.6. The minimum Gasteiger partial charge on any atom is -0.341 e. The van der Waals surface area contributed by atoms with E-state index >= 15 is 0 Å². The van der Waals surface area contributed by atoms with Gasteiger partial charge in [0.25, 0.3) is 11.1 Å². The summed E-state index contributed by atoms with van der Waals surface area (Å²) in [4.78, 5) is 41.5. The van der Waals surface area contributed by atoms with E-state index in [9.17, 15) is 14.4 Å². The monoisotopic (exact) mass is 465 g/mol. The van der Waals surface area contributed by atoms with Crippen LogP contribution in [0.15, 0.2) is 35.2 Å². The average molecular weight is 466 g/mol. The van der Waals surface area contributed by atoms with Gasteiger partial charge in [0.1, 0.15) is 6.54 Å². The van der Waals surface area contributed by atoms with Crippen molar-refractivity contribution in [2.45, 2.75) is 52.9 Å². The van der Waals surface area contributed by atoms with Crippen molar-refractivity contribution in [3.63, 3.8) is 0 Å². The first-order valence-corrected chi connectivity index (χ1v) is 12.5. The molecule has 0 aliphatic carbocycles. The zero-order chi connectivity index (χ0) is 23.5. The molecule has 174 valence electrons. The molecule has 0 radical (unpaired) electrons. The van der Waals surface area contributed by atoms with E-state index in [1.54, 1.807) is 11.0 Å². The molecule has 2 aliphatic heterocycles. The summed E-state index contributed by atoms with van der Waals surface area (Å²) < 4.78 is 2.15. The molecule has 2 fully saturated rings. The fraction of sp³-hybridized carbons (Fsp3) is 0.423. The Kier molecular flexibility index (Phi) is 7.08. The molecule has 3 heterocycles. The molecule has 0 saturated carbocycles. The Morgan fingerprint density at radius 2 is 1.70 bits per heavy atom. The van der Waals surface area contributed by atoms with Crippen molar-refractivity contribution >= 4 is 34.9 Å². The number of carbonyl (C=O) groups excluding carboxylic acids is 3. The Hall–Kier alpha value is -2.80. The number of benzene rings is 1. The summed E-state index contributed by atoms with van der Waals surface area (Å²) in [5, 5.41) is -0.376. The fourth-order valence-corrected chi connectivity index (χ4v) is 5.37. The van der Waals surface area contributed by atoms with Gasteiger partial charge in [0.05, 0.1) is 4.91 Å². The van der Waals surface area contributed by atoms with E-state index in [2.05, 4.69) is 35.8 Å². The van der Waals surface area contributed by atoms with Crippen LogP contribution in [0.5, 0.6) is 0 Å². The Bertz CT molecular complexity index is 1090. The smallest absolute Gasteiger partial charge is 0.294 e. The second-order valence-electron chi connectivity index (χ2n) is 8.74. The standard InChI is InChI=1S/C26H31N3O3S/c1-4-20-9-11-22(12-10-20)29-18(2)15-21(19(29)3)16-23-25(31)28(26(32)33-23)17-24(30)27-13-7-5-6-8-14-27/h9-12,15-16H,4-8,13-14,17H2,1-3H3. The van der Waals surface area contributed by atoms with Crippen molar-refractivity contribution < 1.29 is 14.4 Å². The maximum atomic E-state index is 13.0. The van der Waals surface area contributed by atoms with Gasteiger partial charge in [0.2, 0.25) is 5.91 Å². The molecule has 1 aromatic carbocycles. The third-order valence-corrected chi connectivity index (χ3v) is 7.39. The van der Waals surface area contributed by atoms with Gasteiger partial charge in [-0.2, -0.15) is 0 Å². The Morgan fingerprint density at radius 1 is 1.03 bits per heavy atom. The van der Waals surface area contributed by atoms with Crippen molar-refractivity contribution in [2.75, 3.05) is 19.6 Å². The summed E-state index contributed by atoms with van der Waals surface area (Å²) in [6, 6.07) is 10.5. The van der Waals surface area contributed by atoms with Gasteiger partial charge in [0.15, 0.2) is 0 Å². The predicted molar refractivity (Wildman–Crippen MR) is 132 cm³/mol. The van der Waals surface area contributed by atoms with E-state index in [-0.39, 0.29) is 23.6 Å². The number of thioether (sulfide) groups is 1. The number of aromatic nitrogens is 1. The summed E-state index contributed by atoms with van der Waals surface area (Å²) in [7, 11) is 0. The van der Waals surface area contributed by atoms with Crippen molar-refractivity contribution in [1.82, 2.24) is 14.4 Å². The molecule has 0 unspecified atom stereocenters. The van der Waals surface area contributed by atoms with Crippen LogP contribution in [-0.4, -0.2) is 51.1 Å². The van der Waals surface area contributed by atoms with Crippen LogP contribution < -0.4 is 0 Å². The molecular weight excluding hydrogens is 434 g/mol. The van der Waals surface area contributed by atoms with Crippen molar-refractivity contribution in [3.8, 4) is 5.69 Å². The molecule has 3 amide bonds. The molecule has 0 spiro atoms. The number of imide groups is 1. The number of hydrogen-bond donors (Lipinski definition) is 0. The van der Waals surface area contributed by atoms with E-state index in [1.165, 1.54) is 5.56 Å². The minimum absolute atomic E-state index is 0.144. The van der Waals surface area contributed by atoms with Gasteiger partial charge in [-0.25, -0.2) is 0 Å². The number of nitrogens with zero attached hydrogens (tertiary/aromatic N) is 3. The number of rotatable bonds is 5. The molecule has 1 aromatic heterocycles. The lowest BCUT2D eigenvalue weighted by Crippen LogP contribution is -2.42. The SMILES string of the molecule is CCc1ccc(-n2c(C)cc(C=C3SC(=O)N(CC(=O)N4CCCCCC4)C3=O)c2C)cc1. The van der Waals surface area contributed by atoms with Gasteiger partial charge >= 0.3 is 0 Å². The molecule has 33 heavy (non-hydrogen) atoms. The van der Waals surface area contributed by atoms with E-state index < -0.39 is 0 Å². The van der Waals surface area contributed by atoms with E-state index in [0.29, 0.717) is 18.0 Å². The second-order valence-corrected chi connectivity index (χ2v) is 9.74. The van der Waals surface area contributed by atoms with Crippen LogP contribution in [-0.2, 0) is 16.0 Å². The highest BCUT2D eigenvalue weighted by Crippen LogP contribution is 2.34. The van der Waals surface area contributed by atoms with Crippen LogP contribution in [0.4, 0.5) is 4.79 Å². The van der Waals surface area contributed by atoms with Crippen LogP contribution in [0.3, 0.4) is 0 Å². The minimum atomic E-state index is -0.384. The first-order chi connectivity index (χ1) is 15.9. The van der Waals surface area contributed by atoms with E-state index in [0.717, 1.165) is 71.4 Å². The Balaban J connectivity index is 1.53. The normalized spacial score (nSPS) is 18.3. The average Bonchev–Trinajstić information content (AvgIpc) is 3.09. The molecule has 0 atom stereocenters. The highest BCUT2D eigenvalue weighted by Gasteiger charge is 2.37. The van der Waals surface area contributed by atoms with Gasteiger partial charge in [-0.15, -0.1) is 0 Å². The highest BCUT2D eigenvalue weighted by atomic mass is 32.2. The van der Waals surface area contributed by atoms with Gasteiger partial charge in [-0.3, -0.25) is 19.3 Å². The number of amides is 3. The van der Waals surface area contributed by atoms with Crippen molar-refractivity contribution in [2.24, 2.45) is 0 Å². The first-order valence-electron chi connectivity index (χ1n) is 11.7. The summed E-state index contributed by atoms with van der Waals surface area (Å²) >= 11 is 0.912. The van der Waals surface area contributed by atoms with Crippen molar-refractivity contribution in [3.05, 3.63) is 57.8 Å². The first kappa shape index (κ1) is 23.4. The van der Waals surface area contributed by atoms with Gasteiger partial charge < -0.3 is 9.47 Å². The van der Waals surface area contributed by atoms with Crippen LogP contribution in [0.1, 0.15) is 55.1 Å². The summed E-state index contributed by atoms with van der Waals surface area (Å²) in [5.41, 5.74) is 5.31. The lowest BCUT2D eigenvalue weighted by Gasteiger charge is -2.22. The van der Waals surface area contributed by atoms with Gasteiger partial charge in [-0.05, 0) is 80.3 Å². The highest BCUT2D eigenvalue weighted by molar-refractivity contribution is 8.18. The number of likely N-dealkylation sites (tertiary alicyclic amines) is 1. The third-order valence-electron chi connectivity index (χ3n) is 6.49. The second kappa shape index (κ2) is 10.00. The van der Waals surface area contributed by atoms with Gasteiger partial charge in [0, 0.05) is 30.2 Å². The fourth-order valence-electron chi connectivity index (χ4n) is 4.54. The lowest BCUT2D eigenvalue weighted by atomic mass is 10.1. The van der Waals surface area contributed by atoms with Crippen LogP contribution in [0.25, 0.3) is 11.8 Å². The van der Waals surface area contributed by atoms with Crippen LogP contribution >= 0.6 is 11.8 Å². The molecular formula is C26H31N3O3S. The third kappa shape index (κ3) is 4.93. The van der Waals surface area contributed by atoms with E-state index in [4.69, 9.17) is 0 Å². The summed E-state index contributed by atoms with van der Waals surface area (Å²) in [6.45, 7) is 7.41. The summed E-state index contributed by atoms with van der Waals surface area (Å²) in [6.07, 6.45) is 6.96. The zero-order valence-corrected chi connectivity index (χ0v) is 20.4. The summed E-state index contributed by atoms with van der Waals surface area (Å²) in [5.74, 6) is -0.528. The van der Waals surface area contributed by atoms with Gasteiger partial charge in [-0.1, -0.05) is 31.9 Å². The van der Waals surface area contributed by atoms with Crippen LogP contribution in [0, 0.1) is 13.8 Å². The lowest BCUT2D eigenvalue weighted by molar-refractivity contribution is -0.135. The Morgan fingerprint density at radius 3 is 2.33 bits per heavy atom. The molecule has 2 aliphatic rings. The molecule has 0 N–H and O–H groups in total. The number of aryl methyl sites for hydroxylation is 2. The molecule has 4 rings (SSSR count). The number of carbonyl (C=O) groups is 3. The molecule has 0 bridgehead atoms. The molecule has 7 heteroatoms. The van der Waals surface area contributed by atoms with Crippen LogP contribution in [0.2, 0.25) is 0 Å².